The lowest BCUT2D eigenvalue weighted by atomic mass is 10.0. The molecule has 1 fully saturated rings. The van der Waals surface area contributed by atoms with Gasteiger partial charge in [0.05, 0.1) is 18.3 Å². The Balaban J connectivity index is 1.99. The molecule has 0 saturated carbocycles. The van der Waals surface area contributed by atoms with Crippen molar-refractivity contribution in [1.29, 1.82) is 5.26 Å². The molecule has 0 bridgehead atoms. The highest BCUT2D eigenvalue weighted by atomic mass is 15.3. The smallest absolute Gasteiger partial charge is 0.0980 e. The molecule has 4 heteroatoms. The van der Waals surface area contributed by atoms with Crippen molar-refractivity contribution in [1.82, 2.24) is 14.7 Å². The van der Waals surface area contributed by atoms with Crippen LogP contribution in [0.5, 0.6) is 0 Å². The van der Waals surface area contributed by atoms with Crippen LogP contribution in [-0.4, -0.2) is 27.3 Å². The van der Waals surface area contributed by atoms with Crippen molar-refractivity contribution in [3.63, 3.8) is 0 Å². The number of piperidine rings is 1. The van der Waals surface area contributed by atoms with Crippen LogP contribution in [0.2, 0.25) is 0 Å². The van der Waals surface area contributed by atoms with E-state index in [1.807, 2.05) is 10.9 Å². The number of nitriles is 1. The van der Waals surface area contributed by atoms with Crippen LogP contribution in [0.25, 0.3) is 0 Å². The summed E-state index contributed by atoms with van der Waals surface area (Å²) in [6.45, 7) is 4.88. The number of hydrogen-bond acceptors (Lipinski definition) is 3. The summed E-state index contributed by atoms with van der Waals surface area (Å²) in [7, 11) is 0. The van der Waals surface area contributed by atoms with Crippen molar-refractivity contribution in [3.8, 4) is 6.07 Å². The monoisotopic (exact) mass is 218 g/mol. The third-order valence-corrected chi connectivity index (χ3v) is 3.16. The van der Waals surface area contributed by atoms with Gasteiger partial charge in [-0.15, -0.1) is 0 Å². The summed E-state index contributed by atoms with van der Waals surface area (Å²) in [4.78, 5) is 2.26. The molecule has 1 atom stereocenters. The average molecular weight is 218 g/mol. The lowest BCUT2D eigenvalue weighted by Crippen LogP contribution is -2.37. The third kappa shape index (κ3) is 2.42. The molecule has 1 aliphatic rings. The van der Waals surface area contributed by atoms with Gasteiger partial charge >= 0.3 is 0 Å². The van der Waals surface area contributed by atoms with Crippen LogP contribution in [0.1, 0.15) is 31.7 Å². The fourth-order valence-corrected chi connectivity index (χ4v) is 2.22. The molecule has 0 aliphatic carbocycles. The first kappa shape index (κ1) is 11.2. The molecule has 0 aromatic carbocycles. The summed E-state index contributed by atoms with van der Waals surface area (Å²) in [6.07, 6.45) is 7.39. The van der Waals surface area contributed by atoms with Crippen LogP contribution in [0, 0.1) is 11.3 Å². The van der Waals surface area contributed by atoms with Gasteiger partial charge in [0, 0.05) is 24.8 Å². The number of likely N-dealkylation sites (tertiary alicyclic amines) is 1. The number of aromatic nitrogens is 2. The quantitative estimate of drug-likeness (QED) is 0.776. The van der Waals surface area contributed by atoms with E-state index < -0.39 is 0 Å². The Bertz CT molecular complexity index is 377. The summed E-state index contributed by atoms with van der Waals surface area (Å²) in [5.41, 5.74) is 1.21. The molecule has 1 aromatic rings. The third-order valence-electron chi connectivity index (χ3n) is 3.16. The number of hydrogen-bond donors (Lipinski definition) is 0. The zero-order valence-corrected chi connectivity index (χ0v) is 9.76. The molecule has 16 heavy (non-hydrogen) atoms. The molecule has 4 nitrogen and oxygen atoms in total. The highest BCUT2D eigenvalue weighted by Gasteiger charge is 2.22. The first-order valence-electron chi connectivity index (χ1n) is 5.98. The topological polar surface area (TPSA) is 44.9 Å². The van der Waals surface area contributed by atoms with E-state index in [1.165, 1.54) is 18.4 Å². The molecule has 1 unspecified atom stereocenters. The second kappa shape index (κ2) is 5.13. The van der Waals surface area contributed by atoms with Crippen molar-refractivity contribution in [3.05, 3.63) is 18.0 Å². The summed E-state index contributed by atoms with van der Waals surface area (Å²) >= 11 is 0. The zero-order valence-electron chi connectivity index (χ0n) is 9.76. The predicted molar refractivity (Wildman–Crippen MR) is 61.6 cm³/mol. The predicted octanol–water partition coefficient (Wildman–Crippen LogP) is 1.78. The average Bonchev–Trinajstić information content (AvgIpc) is 2.77. The molecule has 0 amide bonds. The molecule has 86 valence electrons. The molecular formula is C12H18N4. The lowest BCUT2D eigenvalue weighted by Gasteiger charge is -2.30. The maximum Gasteiger partial charge on any atom is 0.0980 e. The van der Waals surface area contributed by atoms with E-state index in [9.17, 15) is 0 Å². The van der Waals surface area contributed by atoms with Crippen molar-refractivity contribution in [2.45, 2.75) is 45.3 Å². The largest absolute Gasteiger partial charge is 0.284 e. The second-order valence-electron chi connectivity index (χ2n) is 4.32. The van der Waals surface area contributed by atoms with Gasteiger partial charge in [0.15, 0.2) is 0 Å². The summed E-state index contributed by atoms with van der Waals surface area (Å²) in [5.74, 6) is 0. The highest BCUT2D eigenvalue weighted by Crippen LogP contribution is 2.18. The molecule has 0 radical (unpaired) electrons. The number of rotatable bonds is 3. The van der Waals surface area contributed by atoms with E-state index in [0.717, 1.165) is 26.1 Å². The van der Waals surface area contributed by atoms with E-state index in [1.54, 1.807) is 0 Å². The number of aryl methyl sites for hydroxylation is 1. The Morgan fingerprint density at radius 2 is 2.44 bits per heavy atom. The van der Waals surface area contributed by atoms with Crippen LogP contribution in [0.3, 0.4) is 0 Å². The van der Waals surface area contributed by atoms with Crippen molar-refractivity contribution < 1.29 is 0 Å². The lowest BCUT2D eigenvalue weighted by molar-refractivity contribution is 0.176. The Morgan fingerprint density at radius 1 is 1.56 bits per heavy atom. The van der Waals surface area contributed by atoms with Crippen molar-refractivity contribution >= 4 is 0 Å². The Morgan fingerprint density at radius 3 is 3.12 bits per heavy atom. The van der Waals surface area contributed by atoms with Crippen molar-refractivity contribution in [2.24, 2.45) is 0 Å². The van der Waals surface area contributed by atoms with E-state index in [0.29, 0.717) is 0 Å². The summed E-state index contributed by atoms with van der Waals surface area (Å²) in [6, 6.07) is 2.49. The number of nitrogens with zero attached hydrogens (tertiary/aromatic N) is 4. The highest BCUT2D eigenvalue weighted by molar-refractivity contribution is 5.06. The van der Waals surface area contributed by atoms with Crippen LogP contribution >= 0.6 is 0 Å². The van der Waals surface area contributed by atoms with Gasteiger partial charge in [-0.25, -0.2) is 0 Å². The maximum absolute atomic E-state index is 9.08. The molecule has 1 aromatic heterocycles. The van der Waals surface area contributed by atoms with Gasteiger partial charge in [-0.3, -0.25) is 9.58 Å². The van der Waals surface area contributed by atoms with Crippen LogP contribution in [-0.2, 0) is 13.1 Å². The molecule has 0 N–H and O–H groups in total. The van der Waals surface area contributed by atoms with Gasteiger partial charge in [-0.2, -0.15) is 10.4 Å². The minimum Gasteiger partial charge on any atom is -0.284 e. The fourth-order valence-electron chi connectivity index (χ4n) is 2.22. The van der Waals surface area contributed by atoms with Gasteiger partial charge < -0.3 is 0 Å². The molecule has 1 saturated heterocycles. The van der Waals surface area contributed by atoms with E-state index in [4.69, 9.17) is 5.26 Å². The summed E-state index contributed by atoms with van der Waals surface area (Å²) in [5, 5.41) is 13.3. The molecule has 0 spiro atoms. The first-order chi connectivity index (χ1) is 7.83. The molecular weight excluding hydrogens is 200 g/mol. The Kier molecular flexibility index (Phi) is 3.58. The second-order valence-corrected chi connectivity index (χ2v) is 4.32. The van der Waals surface area contributed by atoms with Gasteiger partial charge in [-0.1, -0.05) is 0 Å². The first-order valence-corrected chi connectivity index (χ1v) is 5.98. The minimum absolute atomic E-state index is 0.0960. The van der Waals surface area contributed by atoms with Gasteiger partial charge in [-0.05, 0) is 32.7 Å². The SMILES string of the molecule is CCn1cc(CN2CCCCC2C#N)cn1. The normalized spacial score (nSPS) is 21.9. The summed E-state index contributed by atoms with van der Waals surface area (Å²) < 4.78 is 1.93. The van der Waals surface area contributed by atoms with Gasteiger partial charge in [0.1, 0.15) is 0 Å². The molecule has 2 rings (SSSR count). The Labute approximate surface area is 96.5 Å². The fraction of sp³-hybridized carbons (Fsp3) is 0.667. The van der Waals surface area contributed by atoms with Crippen LogP contribution in [0.4, 0.5) is 0 Å². The van der Waals surface area contributed by atoms with E-state index in [2.05, 4.69) is 29.2 Å². The van der Waals surface area contributed by atoms with E-state index >= 15 is 0 Å². The van der Waals surface area contributed by atoms with Crippen LogP contribution < -0.4 is 0 Å². The van der Waals surface area contributed by atoms with E-state index in [-0.39, 0.29) is 6.04 Å². The van der Waals surface area contributed by atoms with Gasteiger partial charge in [0.25, 0.3) is 0 Å². The van der Waals surface area contributed by atoms with Gasteiger partial charge in [0.2, 0.25) is 0 Å². The maximum atomic E-state index is 9.08. The minimum atomic E-state index is 0.0960. The van der Waals surface area contributed by atoms with Crippen LogP contribution in [0.15, 0.2) is 12.4 Å². The zero-order chi connectivity index (χ0) is 11.4. The molecule has 1 aliphatic heterocycles. The molecule has 2 heterocycles. The Hall–Kier alpha value is -1.34. The van der Waals surface area contributed by atoms with Crippen molar-refractivity contribution in [2.75, 3.05) is 6.54 Å². The standard InChI is InChI=1S/C12H18N4/c1-2-16-10-11(8-14-16)9-15-6-4-3-5-12(15)7-13/h8,10,12H,2-6,9H2,1H3.